The first-order chi connectivity index (χ1) is 15.7. The predicted octanol–water partition coefficient (Wildman–Crippen LogP) is 7.33. The molecule has 0 spiro atoms. The van der Waals surface area contributed by atoms with Crippen molar-refractivity contribution in [1.29, 1.82) is 5.26 Å². The number of nitriles is 1. The Morgan fingerprint density at radius 2 is 1.27 bits per heavy atom. The fraction of sp³-hybridized carbons (Fsp3) is 0.240. The summed E-state index contributed by atoms with van der Waals surface area (Å²) in [5.41, 5.74) is -2.93. The van der Waals surface area contributed by atoms with Crippen LogP contribution in [0, 0.1) is 46.2 Å². The van der Waals surface area contributed by atoms with Crippen LogP contribution in [0.5, 0.6) is 5.75 Å². The van der Waals surface area contributed by atoms with E-state index in [1.165, 1.54) is 6.07 Å². The number of hydrogen-bond acceptors (Lipinski definition) is 1. The molecule has 0 unspecified atom stereocenters. The Bertz CT molecular complexity index is 1200. The maximum Gasteiger partial charge on any atom is 0.192 e. The van der Waals surface area contributed by atoms with Crippen LogP contribution in [0.25, 0.3) is 11.1 Å². The molecule has 0 bridgehead atoms. The first-order valence-corrected chi connectivity index (χ1v) is 10.2. The standard InChI is InChI=1S/C25H18F6NO/c1-2-3-4-13-9-20(29)23(21(30)10-13)24-22(33)11-19(28)15(25(24)31)6-5-14-7-17(26)16(12-32)18(27)8-14/h7-11H,2-6H2,1H3. The Kier molecular flexibility index (Phi) is 7.32. The number of benzene rings is 3. The van der Waals surface area contributed by atoms with Gasteiger partial charge in [-0.2, -0.15) is 5.26 Å². The highest BCUT2D eigenvalue weighted by Crippen LogP contribution is 2.39. The minimum Gasteiger partial charge on any atom is -0.289 e. The lowest BCUT2D eigenvalue weighted by atomic mass is 9.94. The first-order valence-electron chi connectivity index (χ1n) is 10.2. The van der Waals surface area contributed by atoms with Gasteiger partial charge in [0.05, 0.1) is 11.1 Å². The van der Waals surface area contributed by atoms with Gasteiger partial charge in [-0.1, -0.05) is 13.3 Å². The average molecular weight is 462 g/mol. The van der Waals surface area contributed by atoms with Crippen LogP contribution in [0.2, 0.25) is 0 Å². The van der Waals surface area contributed by atoms with E-state index in [2.05, 4.69) is 0 Å². The van der Waals surface area contributed by atoms with Crippen molar-refractivity contribution in [1.82, 2.24) is 0 Å². The van der Waals surface area contributed by atoms with Crippen molar-refractivity contribution >= 4 is 0 Å². The molecule has 0 aliphatic heterocycles. The molecule has 0 fully saturated rings. The quantitative estimate of drug-likeness (QED) is 0.339. The molecule has 0 atom stereocenters. The summed E-state index contributed by atoms with van der Waals surface area (Å²) < 4.78 is 86.5. The van der Waals surface area contributed by atoms with E-state index in [1.807, 2.05) is 6.92 Å². The molecule has 1 radical (unpaired) electrons. The summed E-state index contributed by atoms with van der Waals surface area (Å²) >= 11 is 0. The summed E-state index contributed by atoms with van der Waals surface area (Å²) in [4.78, 5) is 0. The zero-order valence-corrected chi connectivity index (χ0v) is 17.5. The van der Waals surface area contributed by atoms with Crippen LogP contribution in [0.1, 0.15) is 42.0 Å². The van der Waals surface area contributed by atoms with E-state index in [-0.39, 0.29) is 12.0 Å². The van der Waals surface area contributed by atoms with E-state index >= 15 is 4.39 Å². The molecule has 3 aromatic carbocycles. The first kappa shape index (κ1) is 24.2. The minimum atomic E-state index is -1.44. The second-order valence-electron chi connectivity index (χ2n) is 7.61. The summed E-state index contributed by atoms with van der Waals surface area (Å²) in [6.07, 6.45) is 1.15. The van der Waals surface area contributed by atoms with Gasteiger partial charge < -0.3 is 0 Å². The SMILES string of the molecule is CCCCc1cc(F)c(-c2c([O])cc(F)c(CCc3cc(F)c(C#N)c(F)c3)c2F)c(F)c1. The summed E-state index contributed by atoms with van der Waals surface area (Å²) in [5.74, 6) is -8.46. The lowest BCUT2D eigenvalue weighted by molar-refractivity contribution is 0.349. The molecular weight excluding hydrogens is 444 g/mol. The molecule has 8 heteroatoms. The van der Waals surface area contributed by atoms with E-state index in [1.54, 1.807) is 0 Å². The Labute approximate surface area is 186 Å². The molecule has 0 aliphatic rings. The van der Waals surface area contributed by atoms with Gasteiger partial charge in [0.25, 0.3) is 0 Å². The molecule has 171 valence electrons. The highest BCUT2D eigenvalue weighted by Gasteiger charge is 2.26. The maximum absolute atomic E-state index is 15.2. The normalized spacial score (nSPS) is 11.0. The van der Waals surface area contributed by atoms with E-state index in [0.29, 0.717) is 24.5 Å². The molecule has 3 rings (SSSR count). The van der Waals surface area contributed by atoms with Crippen molar-refractivity contribution in [3.63, 3.8) is 0 Å². The molecule has 2 nitrogen and oxygen atoms in total. The van der Waals surface area contributed by atoms with Crippen molar-refractivity contribution < 1.29 is 31.4 Å². The lowest BCUT2D eigenvalue weighted by Crippen LogP contribution is -2.04. The molecular formula is C25H18F6NO. The van der Waals surface area contributed by atoms with Gasteiger partial charge >= 0.3 is 0 Å². The third-order valence-corrected chi connectivity index (χ3v) is 5.33. The van der Waals surface area contributed by atoms with Gasteiger partial charge in [-0.05, 0) is 61.1 Å². The second-order valence-corrected chi connectivity index (χ2v) is 7.61. The monoisotopic (exact) mass is 462 g/mol. The van der Waals surface area contributed by atoms with E-state index in [9.17, 15) is 27.1 Å². The van der Waals surface area contributed by atoms with Gasteiger partial charge in [0.15, 0.2) is 5.75 Å². The zero-order chi connectivity index (χ0) is 24.3. The lowest BCUT2D eigenvalue weighted by Gasteiger charge is -2.14. The summed E-state index contributed by atoms with van der Waals surface area (Å²) in [7, 11) is 0. The average Bonchev–Trinajstić information content (AvgIpc) is 2.73. The predicted molar refractivity (Wildman–Crippen MR) is 109 cm³/mol. The molecule has 0 saturated carbocycles. The highest BCUT2D eigenvalue weighted by atomic mass is 19.2. The van der Waals surface area contributed by atoms with E-state index in [4.69, 9.17) is 5.26 Å². The number of halogens is 6. The number of hydrogen-bond donors (Lipinski definition) is 0. The van der Waals surface area contributed by atoms with Crippen molar-refractivity contribution in [2.75, 3.05) is 0 Å². The van der Waals surface area contributed by atoms with Crippen LogP contribution in [0.3, 0.4) is 0 Å². The number of nitrogens with zero attached hydrogens (tertiary/aromatic N) is 1. The molecule has 0 heterocycles. The number of aryl methyl sites for hydroxylation is 2. The van der Waals surface area contributed by atoms with Crippen LogP contribution < -0.4 is 0 Å². The Balaban J connectivity index is 2.00. The number of rotatable bonds is 7. The van der Waals surface area contributed by atoms with Gasteiger partial charge in [-0.25, -0.2) is 26.3 Å². The molecule has 0 aliphatic carbocycles. The molecule has 0 N–H and O–H groups in total. The topological polar surface area (TPSA) is 43.7 Å². The van der Waals surface area contributed by atoms with Crippen LogP contribution in [-0.4, -0.2) is 0 Å². The Morgan fingerprint density at radius 1 is 0.727 bits per heavy atom. The highest BCUT2D eigenvalue weighted by molar-refractivity contribution is 5.73. The molecule has 33 heavy (non-hydrogen) atoms. The van der Waals surface area contributed by atoms with Crippen LogP contribution in [-0.2, 0) is 24.4 Å². The van der Waals surface area contributed by atoms with E-state index in [0.717, 1.165) is 30.7 Å². The third-order valence-electron chi connectivity index (χ3n) is 5.33. The second kappa shape index (κ2) is 9.99. The van der Waals surface area contributed by atoms with Crippen molar-refractivity contribution in [3.8, 4) is 22.9 Å². The largest absolute Gasteiger partial charge is 0.289 e. The Hall–Kier alpha value is -3.47. The smallest absolute Gasteiger partial charge is 0.192 e. The van der Waals surface area contributed by atoms with Crippen molar-refractivity contribution in [3.05, 3.63) is 87.5 Å². The molecule has 0 saturated heterocycles. The minimum absolute atomic E-state index is 0.00758. The third kappa shape index (κ3) is 4.98. The van der Waals surface area contributed by atoms with Gasteiger partial charge in [0.1, 0.15) is 46.5 Å². The zero-order valence-electron chi connectivity index (χ0n) is 17.5. The Morgan fingerprint density at radius 3 is 1.82 bits per heavy atom. The van der Waals surface area contributed by atoms with Gasteiger partial charge in [-0.3, -0.25) is 5.11 Å². The van der Waals surface area contributed by atoms with E-state index < -0.39 is 69.3 Å². The van der Waals surface area contributed by atoms with Gasteiger partial charge in [0.2, 0.25) is 0 Å². The van der Waals surface area contributed by atoms with Crippen LogP contribution in [0.4, 0.5) is 26.3 Å². The van der Waals surface area contributed by atoms with Crippen molar-refractivity contribution in [2.24, 2.45) is 0 Å². The summed E-state index contributed by atoms with van der Waals surface area (Å²) in [6, 6.07) is 5.53. The van der Waals surface area contributed by atoms with Crippen LogP contribution >= 0.6 is 0 Å². The molecule has 0 aromatic heterocycles. The fourth-order valence-electron chi connectivity index (χ4n) is 3.64. The number of unbranched alkanes of at least 4 members (excludes halogenated alkanes) is 1. The van der Waals surface area contributed by atoms with Crippen LogP contribution in [0.15, 0.2) is 30.3 Å². The summed E-state index contributed by atoms with van der Waals surface area (Å²) in [5, 5.41) is 21.0. The molecule has 0 amide bonds. The maximum atomic E-state index is 15.2. The van der Waals surface area contributed by atoms with Crippen molar-refractivity contribution in [2.45, 2.75) is 39.0 Å². The summed E-state index contributed by atoms with van der Waals surface area (Å²) in [6.45, 7) is 1.90. The fourth-order valence-corrected chi connectivity index (χ4v) is 3.64. The van der Waals surface area contributed by atoms with Gasteiger partial charge in [0, 0.05) is 11.6 Å². The van der Waals surface area contributed by atoms with Gasteiger partial charge in [-0.15, -0.1) is 0 Å². The molecule has 3 aromatic rings.